The number of hydrogen-bond donors (Lipinski definition) is 0. The van der Waals surface area contributed by atoms with Gasteiger partial charge in [-0.3, -0.25) is 4.79 Å². The Labute approximate surface area is 117 Å². The summed E-state index contributed by atoms with van der Waals surface area (Å²) >= 11 is 0. The number of allylic oxidation sites excluding steroid dienone is 1. The van der Waals surface area contributed by atoms with Gasteiger partial charge < -0.3 is 4.74 Å². The van der Waals surface area contributed by atoms with E-state index in [1.54, 1.807) is 0 Å². The van der Waals surface area contributed by atoms with E-state index in [1.807, 2.05) is 0 Å². The molecule has 1 unspecified atom stereocenters. The van der Waals surface area contributed by atoms with Gasteiger partial charge in [0.05, 0.1) is 0 Å². The zero-order valence-electron chi connectivity index (χ0n) is 12.3. The molecule has 0 N–H and O–H groups in total. The molecule has 1 atom stereocenters. The minimum Gasteiger partial charge on any atom is -0.458 e. The topological polar surface area (TPSA) is 26.3 Å². The summed E-state index contributed by atoms with van der Waals surface area (Å²) in [6.07, 6.45) is 17.7. The molecular weight excluding hydrogens is 236 g/mol. The Kier molecular flexibility index (Phi) is 5.93. The lowest BCUT2D eigenvalue weighted by molar-refractivity contribution is -0.146. The summed E-state index contributed by atoms with van der Waals surface area (Å²) in [6.45, 7) is 1.53. The zero-order chi connectivity index (χ0) is 13.5. The summed E-state index contributed by atoms with van der Waals surface area (Å²) < 4.78 is 5.56. The van der Waals surface area contributed by atoms with E-state index in [4.69, 9.17) is 4.74 Å². The van der Waals surface area contributed by atoms with E-state index >= 15 is 0 Å². The molecular formula is C17H28O2. The van der Waals surface area contributed by atoms with E-state index in [1.165, 1.54) is 71.1 Å². The summed E-state index contributed by atoms with van der Waals surface area (Å²) in [5, 5.41) is 0. The lowest BCUT2D eigenvalue weighted by Crippen LogP contribution is -2.26. The SMILES string of the molecule is CC(=O)OC(/C=C/C1CCCCC1)C1CCCCC1. The van der Waals surface area contributed by atoms with Crippen LogP contribution in [0.4, 0.5) is 0 Å². The van der Waals surface area contributed by atoms with E-state index in [0.29, 0.717) is 5.92 Å². The van der Waals surface area contributed by atoms with Gasteiger partial charge in [-0.2, -0.15) is 0 Å². The van der Waals surface area contributed by atoms with Crippen molar-refractivity contribution in [1.29, 1.82) is 0 Å². The van der Waals surface area contributed by atoms with Gasteiger partial charge in [0.25, 0.3) is 0 Å². The third kappa shape index (κ3) is 5.00. The maximum Gasteiger partial charge on any atom is 0.303 e. The minimum absolute atomic E-state index is 0.0275. The van der Waals surface area contributed by atoms with Gasteiger partial charge in [-0.15, -0.1) is 0 Å². The molecule has 0 amide bonds. The van der Waals surface area contributed by atoms with Gasteiger partial charge in [0, 0.05) is 6.92 Å². The normalized spacial score (nSPS) is 24.5. The Hall–Kier alpha value is -0.790. The van der Waals surface area contributed by atoms with Crippen molar-refractivity contribution in [2.24, 2.45) is 11.8 Å². The van der Waals surface area contributed by atoms with Crippen LogP contribution in [0.15, 0.2) is 12.2 Å². The van der Waals surface area contributed by atoms with Gasteiger partial charge in [-0.1, -0.05) is 44.6 Å². The summed E-state index contributed by atoms with van der Waals surface area (Å²) in [7, 11) is 0. The highest BCUT2D eigenvalue weighted by Gasteiger charge is 2.24. The van der Waals surface area contributed by atoms with Gasteiger partial charge in [0.2, 0.25) is 0 Å². The molecule has 0 radical (unpaired) electrons. The van der Waals surface area contributed by atoms with Crippen LogP contribution in [-0.4, -0.2) is 12.1 Å². The Bertz CT molecular complexity index is 296. The molecule has 2 aliphatic carbocycles. The summed E-state index contributed by atoms with van der Waals surface area (Å²) in [4.78, 5) is 11.3. The molecule has 0 saturated heterocycles. The van der Waals surface area contributed by atoms with Gasteiger partial charge in [0.15, 0.2) is 0 Å². The van der Waals surface area contributed by atoms with Crippen LogP contribution < -0.4 is 0 Å². The van der Waals surface area contributed by atoms with Crippen LogP contribution in [0, 0.1) is 11.8 Å². The molecule has 108 valence electrons. The van der Waals surface area contributed by atoms with Crippen molar-refractivity contribution in [2.75, 3.05) is 0 Å². The highest BCUT2D eigenvalue weighted by Crippen LogP contribution is 2.30. The Morgan fingerprint density at radius 2 is 1.58 bits per heavy atom. The predicted molar refractivity (Wildman–Crippen MR) is 77.8 cm³/mol. The van der Waals surface area contributed by atoms with Crippen LogP contribution in [0.2, 0.25) is 0 Å². The molecule has 2 fully saturated rings. The highest BCUT2D eigenvalue weighted by atomic mass is 16.5. The molecule has 0 aromatic rings. The largest absolute Gasteiger partial charge is 0.458 e. The molecule has 2 nitrogen and oxygen atoms in total. The number of esters is 1. The molecule has 0 spiro atoms. The van der Waals surface area contributed by atoms with Crippen molar-refractivity contribution in [3.05, 3.63) is 12.2 Å². The predicted octanol–water partition coefficient (Wildman–Crippen LogP) is 4.63. The van der Waals surface area contributed by atoms with Crippen LogP contribution in [0.3, 0.4) is 0 Å². The van der Waals surface area contributed by atoms with Crippen molar-refractivity contribution in [2.45, 2.75) is 77.2 Å². The smallest absolute Gasteiger partial charge is 0.303 e. The maximum atomic E-state index is 11.3. The second-order valence-electron chi connectivity index (χ2n) is 6.26. The van der Waals surface area contributed by atoms with Crippen molar-refractivity contribution < 1.29 is 9.53 Å². The lowest BCUT2D eigenvalue weighted by atomic mass is 9.83. The fourth-order valence-electron chi connectivity index (χ4n) is 3.54. The molecule has 0 aromatic heterocycles. The van der Waals surface area contributed by atoms with Crippen molar-refractivity contribution in [1.82, 2.24) is 0 Å². The van der Waals surface area contributed by atoms with Crippen LogP contribution in [-0.2, 0) is 9.53 Å². The first-order chi connectivity index (χ1) is 9.25. The fourth-order valence-corrected chi connectivity index (χ4v) is 3.54. The van der Waals surface area contributed by atoms with E-state index in [0.717, 1.165) is 5.92 Å². The number of ether oxygens (including phenoxy) is 1. The zero-order valence-corrected chi connectivity index (χ0v) is 12.3. The first-order valence-electron chi connectivity index (χ1n) is 8.11. The third-order valence-electron chi connectivity index (χ3n) is 4.64. The lowest BCUT2D eigenvalue weighted by Gasteiger charge is -2.28. The highest BCUT2D eigenvalue weighted by molar-refractivity contribution is 5.66. The average Bonchev–Trinajstić information content (AvgIpc) is 2.45. The monoisotopic (exact) mass is 264 g/mol. The third-order valence-corrected chi connectivity index (χ3v) is 4.64. The number of rotatable bonds is 4. The molecule has 2 aliphatic rings. The van der Waals surface area contributed by atoms with Gasteiger partial charge in [0.1, 0.15) is 6.10 Å². The molecule has 19 heavy (non-hydrogen) atoms. The number of hydrogen-bond acceptors (Lipinski definition) is 2. The van der Waals surface area contributed by atoms with E-state index in [2.05, 4.69) is 12.2 Å². The Morgan fingerprint density at radius 3 is 2.16 bits per heavy atom. The van der Waals surface area contributed by atoms with E-state index in [-0.39, 0.29) is 12.1 Å². The van der Waals surface area contributed by atoms with Crippen LogP contribution in [0.1, 0.15) is 71.1 Å². The quantitative estimate of drug-likeness (QED) is 0.546. The molecule has 0 bridgehead atoms. The summed E-state index contributed by atoms with van der Waals surface area (Å²) in [5.41, 5.74) is 0. The van der Waals surface area contributed by atoms with Crippen LogP contribution in [0.5, 0.6) is 0 Å². The Balaban J connectivity index is 1.91. The van der Waals surface area contributed by atoms with Crippen LogP contribution in [0.25, 0.3) is 0 Å². The van der Waals surface area contributed by atoms with Crippen molar-refractivity contribution >= 4 is 5.97 Å². The summed E-state index contributed by atoms with van der Waals surface area (Å²) in [5.74, 6) is 1.14. The maximum absolute atomic E-state index is 11.3. The molecule has 2 rings (SSSR count). The van der Waals surface area contributed by atoms with E-state index in [9.17, 15) is 4.79 Å². The fraction of sp³-hybridized carbons (Fsp3) is 0.824. The molecule has 0 aromatic carbocycles. The first-order valence-corrected chi connectivity index (χ1v) is 8.11. The van der Waals surface area contributed by atoms with E-state index < -0.39 is 0 Å². The summed E-state index contributed by atoms with van der Waals surface area (Å²) in [6, 6.07) is 0. The standard InChI is InChI=1S/C17H28O2/c1-14(18)19-17(16-10-6-3-7-11-16)13-12-15-8-4-2-5-9-15/h12-13,15-17H,2-11H2,1H3/b13-12+. The van der Waals surface area contributed by atoms with Crippen molar-refractivity contribution in [3.63, 3.8) is 0 Å². The number of carbonyl (C=O) groups excluding carboxylic acids is 1. The average molecular weight is 264 g/mol. The number of carbonyl (C=O) groups is 1. The molecule has 2 saturated carbocycles. The first kappa shape index (κ1) is 14.6. The van der Waals surface area contributed by atoms with Gasteiger partial charge in [-0.05, 0) is 43.6 Å². The van der Waals surface area contributed by atoms with Crippen LogP contribution >= 0.6 is 0 Å². The minimum atomic E-state index is -0.135. The Morgan fingerprint density at radius 1 is 1.00 bits per heavy atom. The second-order valence-corrected chi connectivity index (χ2v) is 6.26. The molecule has 0 heterocycles. The second kappa shape index (κ2) is 7.72. The van der Waals surface area contributed by atoms with Gasteiger partial charge >= 0.3 is 5.97 Å². The molecule has 0 aliphatic heterocycles. The van der Waals surface area contributed by atoms with Crippen molar-refractivity contribution in [3.8, 4) is 0 Å². The molecule has 2 heteroatoms. The van der Waals surface area contributed by atoms with Gasteiger partial charge in [-0.25, -0.2) is 0 Å².